The average Bonchev–Trinajstić information content (AvgIpc) is 2.83. The number of hydrogen-bond donors (Lipinski definition) is 1. The van der Waals surface area contributed by atoms with Gasteiger partial charge in [0.2, 0.25) is 5.88 Å². The molecule has 0 aliphatic carbocycles. The van der Waals surface area contributed by atoms with Crippen molar-refractivity contribution in [3.63, 3.8) is 0 Å². The van der Waals surface area contributed by atoms with E-state index >= 15 is 0 Å². The standard InChI is InChI=1S/C25H21ClF3NO7/c1-24(2,23(32)33)36-20-11-16(34-3)6-7-17(20)22(31)15-5-9-21(30-12-15)35-13-14-4-8-19(18(26)10-14)37-25(27,28)29/h4-12H,13H2,1-3H3,(H,32,33). The van der Waals surface area contributed by atoms with E-state index < -0.39 is 29.5 Å². The predicted molar refractivity (Wildman–Crippen MR) is 125 cm³/mol. The van der Waals surface area contributed by atoms with Gasteiger partial charge in [-0.25, -0.2) is 9.78 Å². The van der Waals surface area contributed by atoms with E-state index in [9.17, 15) is 27.9 Å². The molecular weight excluding hydrogens is 519 g/mol. The molecule has 0 spiro atoms. The molecule has 0 radical (unpaired) electrons. The molecule has 37 heavy (non-hydrogen) atoms. The maximum Gasteiger partial charge on any atom is 0.573 e. The van der Waals surface area contributed by atoms with E-state index in [4.69, 9.17) is 25.8 Å². The highest BCUT2D eigenvalue weighted by Gasteiger charge is 2.32. The van der Waals surface area contributed by atoms with Gasteiger partial charge in [-0.05, 0) is 49.7 Å². The van der Waals surface area contributed by atoms with Crippen molar-refractivity contribution < 1.29 is 46.8 Å². The highest BCUT2D eigenvalue weighted by molar-refractivity contribution is 6.32. The Hall–Kier alpha value is -3.99. The van der Waals surface area contributed by atoms with E-state index in [1.807, 2.05) is 0 Å². The number of ether oxygens (including phenoxy) is 4. The minimum Gasteiger partial charge on any atom is -0.497 e. The monoisotopic (exact) mass is 539 g/mol. The Morgan fingerprint density at radius 1 is 1.00 bits per heavy atom. The van der Waals surface area contributed by atoms with Gasteiger partial charge in [0.25, 0.3) is 0 Å². The van der Waals surface area contributed by atoms with Crippen LogP contribution in [0, 0.1) is 0 Å². The molecule has 3 rings (SSSR count). The molecule has 0 bridgehead atoms. The number of hydrogen-bond acceptors (Lipinski definition) is 7. The maximum atomic E-state index is 13.1. The van der Waals surface area contributed by atoms with Crippen LogP contribution in [0.25, 0.3) is 0 Å². The fourth-order valence-electron chi connectivity index (χ4n) is 2.97. The van der Waals surface area contributed by atoms with Crippen LogP contribution in [-0.4, -0.2) is 40.9 Å². The third kappa shape index (κ3) is 7.26. The van der Waals surface area contributed by atoms with Crippen molar-refractivity contribution in [1.29, 1.82) is 0 Å². The molecule has 3 aromatic rings. The molecule has 12 heteroatoms. The van der Waals surface area contributed by atoms with Crippen molar-refractivity contribution in [2.24, 2.45) is 0 Å². The van der Waals surface area contributed by atoms with Gasteiger partial charge in [0.15, 0.2) is 11.4 Å². The van der Waals surface area contributed by atoms with Crippen molar-refractivity contribution in [2.75, 3.05) is 7.11 Å². The quantitative estimate of drug-likeness (QED) is 0.327. The molecule has 2 aromatic carbocycles. The van der Waals surface area contributed by atoms with E-state index in [0.29, 0.717) is 11.3 Å². The number of carboxylic acid groups (broad SMARTS) is 1. The fourth-order valence-corrected chi connectivity index (χ4v) is 3.22. The molecule has 0 saturated heterocycles. The molecular formula is C25H21ClF3NO7. The number of alkyl halides is 3. The Balaban J connectivity index is 1.73. The summed E-state index contributed by atoms with van der Waals surface area (Å²) < 4.78 is 57.2. The SMILES string of the molecule is COc1ccc(C(=O)c2ccc(OCc3ccc(OC(F)(F)F)c(Cl)c3)nc2)c(OC(C)(C)C(=O)O)c1. The van der Waals surface area contributed by atoms with Gasteiger partial charge < -0.3 is 24.1 Å². The van der Waals surface area contributed by atoms with Gasteiger partial charge in [-0.1, -0.05) is 17.7 Å². The van der Waals surface area contributed by atoms with Crippen molar-refractivity contribution in [3.05, 3.63) is 76.4 Å². The summed E-state index contributed by atoms with van der Waals surface area (Å²) in [6.07, 6.45) is -3.60. The molecule has 0 amide bonds. The van der Waals surface area contributed by atoms with Crippen LogP contribution in [-0.2, 0) is 11.4 Å². The number of nitrogens with zero attached hydrogens (tertiary/aromatic N) is 1. The first kappa shape index (κ1) is 27.6. The van der Waals surface area contributed by atoms with Gasteiger partial charge in [0.05, 0.1) is 17.7 Å². The molecule has 0 aliphatic heterocycles. The summed E-state index contributed by atoms with van der Waals surface area (Å²) in [7, 11) is 1.42. The summed E-state index contributed by atoms with van der Waals surface area (Å²) in [6, 6.07) is 11.0. The lowest BCUT2D eigenvalue weighted by Gasteiger charge is -2.23. The number of pyridine rings is 1. The largest absolute Gasteiger partial charge is 0.573 e. The van der Waals surface area contributed by atoms with Crippen molar-refractivity contribution in [3.8, 4) is 23.1 Å². The summed E-state index contributed by atoms with van der Waals surface area (Å²) in [5, 5.41) is 9.15. The van der Waals surface area contributed by atoms with Crippen LogP contribution in [0.5, 0.6) is 23.1 Å². The van der Waals surface area contributed by atoms with E-state index in [-0.39, 0.29) is 34.4 Å². The second-order valence-electron chi connectivity index (χ2n) is 8.10. The van der Waals surface area contributed by atoms with Gasteiger partial charge >= 0.3 is 12.3 Å². The highest BCUT2D eigenvalue weighted by Crippen LogP contribution is 2.32. The molecule has 1 aromatic heterocycles. The van der Waals surface area contributed by atoms with Crippen LogP contribution in [0.1, 0.15) is 35.3 Å². The first-order chi connectivity index (χ1) is 17.3. The van der Waals surface area contributed by atoms with Gasteiger partial charge in [0.1, 0.15) is 23.9 Å². The number of aromatic nitrogens is 1. The van der Waals surface area contributed by atoms with E-state index in [1.165, 1.54) is 69.6 Å². The number of aliphatic carboxylic acids is 1. The summed E-state index contributed by atoms with van der Waals surface area (Å²) in [4.78, 5) is 28.7. The normalized spacial score (nSPS) is 11.5. The molecule has 8 nitrogen and oxygen atoms in total. The first-order valence-corrected chi connectivity index (χ1v) is 10.9. The maximum absolute atomic E-state index is 13.1. The van der Waals surface area contributed by atoms with Gasteiger partial charge in [-0.3, -0.25) is 4.79 Å². The van der Waals surface area contributed by atoms with E-state index in [0.717, 1.165) is 6.07 Å². The van der Waals surface area contributed by atoms with E-state index in [1.54, 1.807) is 0 Å². The van der Waals surface area contributed by atoms with Crippen LogP contribution < -0.4 is 18.9 Å². The smallest absolute Gasteiger partial charge is 0.497 e. The molecule has 0 fully saturated rings. The third-order valence-electron chi connectivity index (χ3n) is 4.92. The molecule has 0 unspecified atom stereocenters. The zero-order valence-electron chi connectivity index (χ0n) is 19.8. The van der Waals surface area contributed by atoms with Gasteiger partial charge in [-0.2, -0.15) is 0 Å². The lowest BCUT2D eigenvalue weighted by molar-refractivity contribution is -0.274. The fraction of sp³-hybridized carbons (Fsp3) is 0.240. The van der Waals surface area contributed by atoms with Crippen molar-refractivity contribution in [2.45, 2.75) is 32.4 Å². The third-order valence-corrected chi connectivity index (χ3v) is 5.22. The minimum absolute atomic E-state index is 0.0203. The first-order valence-electron chi connectivity index (χ1n) is 10.6. The Bertz CT molecular complexity index is 1290. The molecule has 0 atom stereocenters. The second kappa shape index (κ2) is 11.0. The van der Waals surface area contributed by atoms with Crippen LogP contribution in [0.15, 0.2) is 54.7 Å². The Kier molecular flexibility index (Phi) is 8.17. The zero-order valence-corrected chi connectivity index (χ0v) is 20.5. The molecule has 1 heterocycles. The number of benzene rings is 2. The Morgan fingerprint density at radius 3 is 2.30 bits per heavy atom. The molecule has 0 aliphatic rings. The van der Waals surface area contributed by atoms with Gasteiger partial charge in [-0.15, -0.1) is 13.2 Å². The Morgan fingerprint density at radius 2 is 1.73 bits per heavy atom. The van der Waals surface area contributed by atoms with Crippen molar-refractivity contribution in [1.82, 2.24) is 4.98 Å². The van der Waals surface area contributed by atoms with Crippen LogP contribution in [0.2, 0.25) is 5.02 Å². The van der Waals surface area contributed by atoms with Crippen molar-refractivity contribution >= 4 is 23.4 Å². The minimum atomic E-state index is -4.87. The number of halogens is 4. The number of rotatable bonds is 10. The average molecular weight is 540 g/mol. The van der Waals surface area contributed by atoms with Crippen LogP contribution >= 0.6 is 11.6 Å². The molecule has 196 valence electrons. The number of carbonyl (C=O) groups excluding carboxylic acids is 1. The number of carboxylic acids is 1. The summed E-state index contributed by atoms with van der Waals surface area (Å²) in [6.45, 7) is 2.63. The zero-order chi connectivity index (χ0) is 27.4. The summed E-state index contributed by atoms with van der Waals surface area (Å²) >= 11 is 5.84. The number of ketones is 1. The predicted octanol–water partition coefficient (Wildman–Crippen LogP) is 5.69. The highest BCUT2D eigenvalue weighted by atomic mass is 35.5. The lowest BCUT2D eigenvalue weighted by Crippen LogP contribution is -2.38. The second-order valence-corrected chi connectivity index (χ2v) is 8.50. The van der Waals surface area contributed by atoms with Gasteiger partial charge in [0, 0.05) is 23.9 Å². The lowest BCUT2D eigenvalue weighted by atomic mass is 10.0. The molecule has 1 N–H and O–H groups in total. The summed E-state index contributed by atoms with van der Waals surface area (Å²) in [5.74, 6) is -1.71. The number of carbonyl (C=O) groups is 2. The molecule has 0 saturated carbocycles. The summed E-state index contributed by atoms with van der Waals surface area (Å²) in [5.41, 5.74) is -0.881. The van der Waals surface area contributed by atoms with E-state index in [2.05, 4.69) is 9.72 Å². The van der Waals surface area contributed by atoms with Crippen LogP contribution in [0.3, 0.4) is 0 Å². The van der Waals surface area contributed by atoms with Crippen LogP contribution in [0.4, 0.5) is 13.2 Å². The number of methoxy groups -OCH3 is 1. The Labute approximate surface area is 214 Å². The topological polar surface area (TPSA) is 104 Å².